The fraction of sp³-hybridized carbons (Fsp3) is 0.700. The molecule has 3 heteroatoms. The minimum atomic E-state index is 0.438. The summed E-state index contributed by atoms with van der Waals surface area (Å²) in [6.45, 7) is 5.28. The van der Waals surface area contributed by atoms with Crippen LogP contribution >= 0.6 is 0 Å². The van der Waals surface area contributed by atoms with E-state index < -0.39 is 0 Å². The van der Waals surface area contributed by atoms with Crippen LogP contribution in [0.5, 0.6) is 11.5 Å². The Morgan fingerprint density at radius 2 is 1.70 bits per heavy atom. The Labute approximate surface area is 140 Å². The number of aromatic hydroxyl groups is 1. The van der Waals surface area contributed by atoms with E-state index in [0.717, 1.165) is 56.7 Å². The second-order valence-corrected chi connectivity index (χ2v) is 7.01. The van der Waals surface area contributed by atoms with Gasteiger partial charge in [0.1, 0.15) is 11.5 Å². The van der Waals surface area contributed by atoms with Gasteiger partial charge >= 0.3 is 0 Å². The molecule has 128 valence electrons. The first kappa shape index (κ1) is 16.5. The number of hydrogen-bond acceptors (Lipinski definition) is 3. The molecule has 3 rings (SSSR count). The molecule has 0 fully saturated rings. The SMILES string of the molecule is CCCCCCCCOc1cc(O)c2c3c1CCCN3CCC2. The average Bonchev–Trinajstić information content (AvgIpc) is 2.58. The van der Waals surface area contributed by atoms with Crippen molar-refractivity contribution in [1.29, 1.82) is 0 Å². The molecule has 0 saturated heterocycles. The Bertz CT molecular complexity index is 525. The molecule has 0 aliphatic carbocycles. The number of phenolic OH excluding ortho intramolecular Hbond substituents is 1. The number of phenols is 1. The second-order valence-electron chi connectivity index (χ2n) is 7.01. The lowest BCUT2D eigenvalue weighted by molar-refractivity contribution is 0.298. The molecule has 1 N–H and O–H groups in total. The van der Waals surface area contributed by atoms with Gasteiger partial charge in [-0.3, -0.25) is 0 Å². The number of nitrogens with zero attached hydrogens (tertiary/aromatic N) is 1. The average molecular weight is 317 g/mol. The van der Waals surface area contributed by atoms with Crippen LogP contribution in [-0.4, -0.2) is 24.8 Å². The molecule has 2 heterocycles. The van der Waals surface area contributed by atoms with Gasteiger partial charge in [0, 0.05) is 30.3 Å². The van der Waals surface area contributed by atoms with E-state index in [1.807, 2.05) is 6.07 Å². The standard InChI is InChI=1S/C20H31NO2/c1-2-3-4-5-6-7-14-23-19-15-18(22)16-10-8-12-21-13-9-11-17(19)20(16)21/h15,22H,2-14H2,1H3. The third-order valence-corrected chi connectivity index (χ3v) is 5.23. The molecule has 23 heavy (non-hydrogen) atoms. The molecule has 2 aliphatic rings. The molecular formula is C20H31NO2. The number of hydrogen-bond donors (Lipinski definition) is 1. The summed E-state index contributed by atoms with van der Waals surface area (Å²) in [6, 6.07) is 1.88. The highest BCUT2D eigenvalue weighted by atomic mass is 16.5. The first-order valence-electron chi connectivity index (χ1n) is 9.56. The van der Waals surface area contributed by atoms with Crippen LogP contribution in [0.15, 0.2) is 6.07 Å². The predicted octanol–water partition coefficient (Wildman–Crippen LogP) is 4.83. The number of benzene rings is 1. The molecule has 0 radical (unpaired) electrons. The quantitative estimate of drug-likeness (QED) is 0.697. The summed E-state index contributed by atoms with van der Waals surface area (Å²) < 4.78 is 6.08. The van der Waals surface area contributed by atoms with Gasteiger partial charge in [-0.05, 0) is 32.1 Å². The van der Waals surface area contributed by atoms with Crippen LogP contribution in [-0.2, 0) is 12.8 Å². The Morgan fingerprint density at radius 1 is 1.00 bits per heavy atom. The maximum absolute atomic E-state index is 10.4. The number of rotatable bonds is 8. The van der Waals surface area contributed by atoms with Crippen molar-refractivity contribution in [3.8, 4) is 11.5 Å². The van der Waals surface area contributed by atoms with E-state index in [1.54, 1.807) is 0 Å². The highest BCUT2D eigenvalue weighted by molar-refractivity contribution is 5.71. The molecule has 0 amide bonds. The van der Waals surface area contributed by atoms with Crippen molar-refractivity contribution < 1.29 is 9.84 Å². The highest BCUT2D eigenvalue weighted by Gasteiger charge is 2.28. The van der Waals surface area contributed by atoms with Gasteiger partial charge in [0.15, 0.2) is 0 Å². The van der Waals surface area contributed by atoms with Crippen LogP contribution in [0.1, 0.15) is 69.4 Å². The zero-order valence-electron chi connectivity index (χ0n) is 14.6. The van der Waals surface area contributed by atoms with Crippen LogP contribution in [0.3, 0.4) is 0 Å². The van der Waals surface area contributed by atoms with Crippen LogP contribution in [0.25, 0.3) is 0 Å². The van der Waals surface area contributed by atoms with Crippen LogP contribution in [0.4, 0.5) is 5.69 Å². The van der Waals surface area contributed by atoms with Gasteiger partial charge in [-0.1, -0.05) is 39.0 Å². The van der Waals surface area contributed by atoms with Crippen molar-refractivity contribution in [3.05, 3.63) is 17.2 Å². The van der Waals surface area contributed by atoms with Gasteiger partial charge in [-0.15, -0.1) is 0 Å². The van der Waals surface area contributed by atoms with E-state index in [2.05, 4.69) is 11.8 Å². The maximum atomic E-state index is 10.4. The van der Waals surface area contributed by atoms with E-state index >= 15 is 0 Å². The number of ether oxygens (including phenoxy) is 1. The summed E-state index contributed by atoms with van der Waals surface area (Å²) in [7, 11) is 0. The second kappa shape index (κ2) is 7.94. The Balaban J connectivity index is 1.62. The van der Waals surface area contributed by atoms with Gasteiger partial charge < -0.3 is 14.7 Å². The van der Waals surface area contributed by atoms with E-state index in [1.165, 1.54) is 49.8 Å². The summed E-state index contributed by atoms with van der Waals surface area (Å²) in [6.07, 6.45) is 12.1. The first-order chi connectivity index (χ1) is 11.3. The molecule has 0 aromatic heterocycles. The Hall–Kier alpha value is -1.38. The monoisotopic (exact) mass is 317 g/mol. The Morgan fingerprint density at radius 3 is 2.48 bits per heavy atom. The van der Waals surface area contributed by atoms with Crippen molar-refractivity contribution in [1.82, 2.24) is 0 Å². The van der Waals surface area contributed by atoms with E-state index in [-0.39, 0.29) is 0 Å². The van der Waals surface area contributed by atoms with E-state index in [4.69, 9.17) is 4.74 Å². The van der Waals surface area contributed by atoms with Gasteiger partial charge in [0.05, 0.1) is 12.3 Å². The number of anilines is 1. The van der Waals surface area contributed by atoms with Crippen LogP contribution in [0, 0.1) is 0 Å². The van der Waals surface area contributed by atoms with E-state index in [0.29, 0.717) is 5.75 Å². The predicted molar refractivity (Wildman–Crippen MR) is 95.8 cm³/mol. The molecule has 0 atom stereocenters. The molecule has 0 saturated carbocycles. The smallest absolute Gasteiger partial charge is 0.128 e. The lowest BCUT2D eigenvalue weighted by Gasteiger charge is -2.37. The van der Waals surface area contributed by atoms with Gasteiger partial charge in [-0.2, -0.15) is 0 Å². The topological polar surface area (TPSA) is 32.7 Å². The summed E-state index contributed by atoms with van der Waals surface area (Å²) in [5, 5.41) is 10.4. The molecule has 3 nitrogen and oxygen atoms in total. The maximum Gasteiger partial charge on any atom is 0.128 e. The molecule has 1 aromatic rings. The van der Waals surface area contributed by atoms with Crippen LogP contribution < -0.4 is 9.64 Å². The van der Waals surface area contributed by atoms with Crippen molar-refractivity contribution in [2.45, 2.75) is 71.1 Å². The molecule has 0 spiro atoms. The van der Waals surface area contributed by atoms with E-state index in [9.17, 15) is 5.11 Å². The zero-order chi connectivity index (χ0) is 16.1. The van der Waals surface area contributed by atoms with Crippen LogP contribution in [0.2, 0.25) is 0 Å². The zero-order valence-corrected chi connectivity index (χ0v) is 14.6. The minimum Gasteiger partial charge on any atom is -0.507 e. The minimum absolute atomic E-state index is 0.438. The molecular weight excluding hydrogens is 286 g/mol. The van der Waals surface area contributed by atoms with Crippen molar-refractivity contribution in [2.75, 3.05) is 24.6 Å². The third kappa shape index (κ3) is 3.76. The summed E-state index contributed by atoms with van der Waals surface area (Å²) in [5.74, 6) is 1.37. The summed E-state index contributed by atoms with van der Waals surface area (Å²) in [5.41, 5.74) is 3.79. The summed E-state index contributed by atoms with van der Waals surface area (Å²) in [4.78, 5) is 2.45. The largest absolute Gasteiger partial charge is 0.507 e. The molecule has 2 aliphatic heterocycles. The molecule has 0 bridgehead atoms. The Kier molecular flexibility index (Phi) is 5.69. The normalized spacial score (nSPS) is 16.3. The van der Waals surface area contributed by atoms with Gasteiger partial charge in [-0.25, -0.2) is 0 Å². The third-order valence-electron chi connectivity index (χ3n) is 5.23. The fourth-order valence-corrected chi connectivity index (χ4v) is 4.01. The molecule has 0 unspecified atom stereocenters. The summed E-state index contributed by atoms with van der Waals surface area (Å²) >= 11 is 0. The molecule has 1 aromatic carbocycles. The van der Waals surface area contributed by atoms with Crippen molar-refractivity contribution >= 4 is 5.69 Å². The van der Waals surface area contributed by atoms with Crippen molar-refractivity contribution in [3.63, 3.8) is 0 Å². The fourth-order valence-electron chi connectivity index (χ4n) is 4.01. The number of unbranched alkanes of at least 4 members (excludes halogenated alkanes) is 5. The first-order valence-corrected chi connectivity index (χ1v) is 9.56. The lowest BCUT2D eigenvalue weighted by Crippen LogP contribution is -2.34. The highest BCUT2D eigenvalue weighted by Crippen LogP contribution is 2.44. The van der Waals surface area contributed by atoms with Gasteiger partial charge in [0.25, 0.3) is 0 Å². The van der Waals surface area contributed by atoms with Gasteiger partial charge in [0.2, 0.25) is 0 Å². The lowest BCUT2D eigenvalue weighted by atomic mass is 9.90. The van der Waals surface area contributed by atoms with Crippen molar-refractivity contribution in [2.24, 2.45) is 0 Å².